The lowest BCUT2D eigenvalue weighted by atomic mass is 10.1. The molecule has 0 aliphatic heterocycles. The molecule has 2 aromatic carbocycles. The topological polar surface area (TPSA) is 75.3 Å². The maximum Gasteiger partial charge on any atom is 0.416 e. The monoisotopic (exact) mass is 479 g/mol. The first-order valence-corrected chi connectivity index (χ1v) is 11.2. The normalized spacial score (nSPS) is 12.3. The highest BCUT2D eigenvalue weighted by molar-refractivity contribution is 6.03. The van der Waals surface area contributed by atoms with E-state index in [1.165, 1.54) is 12.1 Å². The Balaban J connectivity index is 1.95. The van der Waals surface area contributed by atoms with Crippen molar-refractivity contribution in [2.45, 2.75) is 26.1 Å². The summed E-state index contributed by atoms with van der Waals surface area (Å²) >= 11 is 0. The van der Waals surface area contributed by atoms with E-state index in [1.807, 2.05) is 24.3 Å². The highest BCUT2D eigenvalue weighted by Gasteiger charge is 2.32. The molecule has 0 saturated carbocycles. The quantitative estimate of drug-likeness (QED) is 0.257. The highest BCUT2D eigenvalue weighted by Crippen LogP contribution is 2.32. The molecule has 0 atom stereocenters. The number of hydrogen-bond donors (Lipinski definition) is 3. The van der Waals surface area contributed by atoms with Gasteiger partial charge in [-0.3, -0.25) is 9.98 Å². The van der Waals surface area contributed by atoms with Gasteiger partial charge in [-0.15, -0.1) is 0 Å². The number of benzene rings is 2. The summed E-state index contributed by atoms with van der Waals surface area (Å²) in [5.74, 6) is 0.284. The van der Waals surface area contributed by atoms with Gasteiger partial charge in [0.05, 0.1) is 12.1 Å². The molecule has 8 heteroatoms. The number of nitrogens with zero attached hydrogens (tertiary/aromatic N) is 2. The van der Waals surface area contributed by atoms with Crippen molar-refractivity contribution < 1.29 is 13.2 Å². The van der Waals surface area contributed by atoms with Crippen LogP contribution in [-0.4, -0.2) is 17.4 Å². The van der Waals surface area contributed by atoms with Crippen LogP contribution in [0.25, 0.3) is 11.4 Å². The number of amidine groups is 1. The first kappa shape index (κ1) is 25.6. The number of anilines is 1. The predicted molar refractivity (Wildman–Crippen MR) is 136 cm³/mol. The summed E-state index contributed by atoms with van der Waals surface area (Å²) in [5.41, 5.74) is 8.94. The van der Waals surface area contributed by atoms with Gasteiger partial charge >= 0.3 is 6.18 Å². The number of rotatable bonds is 9. The number of aromatic nitrogens is 1. The largest absolute Gasteiger partial charge is 0.416 e. The van der Waals surface area contributed by atoms with Crippen molar-refractivity contribution in [3.8, 4) is 0 Å². The molecule has 0 fully saturated rings. The molecule has 0 radical (unpaired) electrons. The third-order valence-corrected chi connectivity index (χ3v) is 5.14. The standard InChI is InChI=1S/C27H28F3N5/c1-3-14-33-25-11-7-5-9-22(25)19(2)35-26(17-24(31)20-12-15-32-16-13-20)34-18-21-8-4-6-10-23(21)27(28,29)30/h4-13,15-17,33H,2-3,14,18,31H2,1H3,(H,34,35)/b24-17-. The van der Waals surface area contributed by atoms with E-state index in [4.69, 9.17) is 5.73 Å². The fraction of sp³-hybridized carbons (Fsp3) is 0.185. The van der Waals surface area contributed by atoms with Gasteiger partial charge in [0.1, 0.15) is 5.84 Å². The van der Waals surface area contributed by atoms with Crippen LogP contribution in [-0.2, 0) is 12.7 Å². The van der Waals surface area contributed by atoms with Crippen molar-refractivity contribution in [3.05, 3.63) is 108 Å². The number of alkyl halides is 3. The number of halogens is 3. The summed E-state index contributed by atoms with van der Waals surface area (Å²) in [7, 11) is 0. The van der Waals surface area contributed by atoms with Gasteiger partial charge in [0.2, 0.25) is 0 Å². The number of para-hydroxylation sites is 1. The zero-order chi connectivity index (χ0) is 25.3. The second-order valence-electron chi connectivity index (χ2n) is 7.77. The maximum atomic E-state index is 13.5. The van der Waals surface area contributed by atoms with Crippen LogP contribution in [0.1, 0.15) is 35.6 Å². The molecule has 0 unspecified atom stereocenters. The lowest BCUT2D eigenvalue weighted by Gasteiger charge is -2.16. The van der Waals surface area contributed by atoms with Crippen molar-refractivity contribution >= 4 is 22.9 Å². The summed E-state index contributed by atoms with van der Waals surface area (Å²) in [6.07, 6.45) is 1.27. The smallest absolute Gasteiger partial charge is 0.398 e. The van der Waals surface area contributed by atoms with E-state index >= 15 is 0 Å². The van der Waals surface area contributed by atoms with Crippen LogP contribution in [0, 0.1) is 0 Å². The molecule has 0 saturated heterocycles. The van der Waals surface area contributed by atoms with Crippen molar-refractivity contribution in [1.82, 2.24) is 10.3 Å². The summed E-state index contributed by atoms with van der Waals surface area (Å²) in [5, 5.41) is 6.49. The molecule has 3 aromatic rings. The van der Waals surface area contributed by atoms with Crippen LogP contribution in [0.2, 0.25) is 0 Å². The van der Waals surface area contributed by atoms with Crippen LogP contribution in [0.4, 0.5) is 18.9 Å². The number of pyridine rings is 1. The molecule has 1 heterocycles. The van der Waals surface area contributed by atoms with Crippen LogP contribution < -0.4 is 16.4 Å². The van der Waals surface area contributed by atoms with E-state index < -0.39 is 11.7 Å². The van der Waals surface area contributed by atoms with E-state index in [0.29, 0.717) is 17.0 Å². The number of nitrogens with one attached hydrogen (secondary N) is 2. The number of hydrogen-bond acceptors (Lipinski definition) is 4. The molecular weight excluding hydrogens is 451 g/mol. The van der Waals surface area contributed by atoms with Gasteiger partial charge in [0.25, 0.3) is 0 Å². The molecule has 0 aliphatic carbocycles. The van der Waals surface area contributed by atoms with Gasteiger partial charge < -0.3 is 16.4 Å². The summed E-state index contributed by atoms with van der Waals surface area (Å²) < 4.78 is 40.4. The first-order valence-electron chi connectivity index (χ1n) is 11.2. The zero-order valence-corrected chi connectivity index (χ0v) is 19.4. The Morgan fingerprint density at radius 3 is 2.46 bits per heavy atom. The summed E-state index contributed by atoms with van der Waals surface area (Å²) in [4.78, 5) is 8.42. The highest BCUT2D eigenvalue weighted by atomic mass is 19.4. The zero-order valence-electron chi connectivity index (χ0n) is 19.4. The van der Waals surface area contributed by atoms with Crippen LogP contribution in [0.5, 0.6) is 0 Å². The molecule has 1 aromatic heterocycles. The molecule has 0 spiro atoms. The molecule has 0 aliphatic rings. The van der Waals surface area contributed by atoms with E-state index in [2.05, 4.69) is 34.1 Å². The lowest BCUT2D eigenvalue weighted by molar-refractivity contribution is -0.138. The second-order valence-corrected chi connectivity index (χ2v) is 7.77. The number of aliphatic imine (C=N–C) groups is 1. The molecule has 5 nitrogen and oxygen atoms in total. The second kappa shape index (κ2) is 11.9. The molecule has 182 valence electrons. The molecule has 3 rings (SSSR count). The molecule has 35 heavy (non-hydrogen) atoms. The average Bonchev–Trinajstić information content (AvgIpc) is 2.86. The van der Waals surface area contributed by atoms with Crippen molar-refractivity contribution in [2.75, 3.05) is 11.9 Å². The molecule has 0 bridgehead atoms. The fourth-order valence-electron chi connectivity index (χ4n) is 3.38. The minimum absolute atomic E-state index is 0.0609. The average molecular weight is 480 g/mol. The van der Waals surface area contributed by atoms with Gasteiger partial charge in [-0.1, -0.05) is 49.9 Å². The minimum atomic E-state index is -4.47. The fourth-order valence-corrected chi connectivity index (χ4v) is 3.38. The van der Waals surface area contributed by atoms with Gasteiger partial charge in [-0.25, -0.2) is 0 Å². The van der Waals surface area contributed by atoms with Crippen LogP contribution in [0.15, 0.2) is 90.7 Å². The van der Waals surface area contributed by atoms with Crippen LogP contribution >= 0.6 is 0 Å². The molecule has 0 amide bonds. The van der Waals surface area contributed by atoms with Crippen LogP contribution in [0.3, 0.4) is 0 Å². The Morgan fingerprint density at radius 1 is 1.06 bits per heavy atom. The Labute approximate surface area is 203 Å². The van der Waals surface area contributed by atoms with Gasteiger partial charge in [0, 0.05) is 53.2 Å². The summed E-state index contributed by atoms with van der Waals surface area (Å²) in [6.45, 7) is 6.79. The van der Waals surface area contributed by atoms with Crippen molar-refractivity contribution in [1.29, 1.82) is 0 Å². The molecule has 4 N–H and O–H groups in total. The maximum absolute atomic E-state index is 13.5. The predicted octanol–water partition coefficient (Wildman–Crippen LogP) is 6.08. The SMILES string of the molecule is C=C(NC(/C=C(\N)c1ccncc1)=NCc1ccccc1C(F)(F)F)c1ccccc1NCCC. The van der Waals surface area contributed by atoms with Gasteiger partial charge in [-0.2, -0.15) is 13.2 Å². The first-order chi connectivity index (χ1) is 16.8. The van der Waals surface area contributed by atoms with E-state index in [1.54, 1.807) is 36.7 Å². The minimum Gasteiger partial charge on any atom is -0.398 e. The Morgan fingerprint density at radius 2 is 1.74 bits per heavy atom. The lowest BCUT2D eigenvalue weighted by Crippen LogP contribution is -2.22. The molecular formula is C27H28F3N5. The number of nitrogens with two attached hydrogens (primary N) is 1. The van der Waals surface area contributed by atoms with Gasteiger partial charge in [-0.05, 0) is 36.2 Å². The Hall–Kier alpha value is -4.07. The van der Waals surface area contributed by atoms with E-state index in [0.717, 1.165) is 30.3 Å². The van der Waals surface area contributed by atoms with E-state index in [9.17, 15) is 13.2 Å². The third kappa shape index (κ3) is 7.20. The Kier molecular flexibility index (Phi) is 8.67. The van der Waals surface area contributed by atoms with Crippen molar-refractivity contribution in [2.24, 2.45) is 10.7 Å². The van der Waals surface area contributed by atoms with Crippen molar-refractivity contribution in [3.63, 3.8) is 0 Å². The summed E-state index contributed by atoms with van der Waals surface area (Å²) in [6, 6.07) is 16.5. The van der Waals surface area contributed by atoms with Gasteiger partial charge in [0.15, 0.2) is 0 Å². The Bertz CT molecular complexity index is 1200. The van der Waals surface area contributed by atoms with E-state index in [-0.39, 0.29) is 17.9 Å². The third-order valence-electron chi connectivity index (χ3n) is 5.14.